The molecule has 0 fully saturated rings. The molecule has 3 nitrogen and oxygen atoms in total. The second-order valence-corrected chi connectivity index (χ2v) is 3.45. The summed E-state index contributed by atoms with van der Waals surface area (Å²) >= 11 is 0. The molecule has 0 aliphatic rings. The fraction of sp³-hybridized carbons (Fsp3) is 0.636. The molecule has 0 radical (unpaired) electrons. The number of furan rings is 1. The molecule has 0 atom stereocenters. The van der Waals surface area contributed by atoms with Crippen molar-refractivity contribution < 1.29 is 17.9 Å². The highest BCUT2D eigenvalue weighted by molar-refractivity contribution is 5.15. The highest BCUT2D eigenvalue weighted by Gasteiger charge is 2.08. The van der Waals surface area contributed by atoms with Crippen molar-refractivity contribution in [1.82, 2.24) is 5.32 Å². The minimum atomic E-state index is -2.42. The van der Waals surface area contributed by atoms with Crippen LogP contribution < -0.4 is 5.32 Å². The minimum absolute atomic E-state index is 0.171. The van der Waals surface area contributed by atoms with E-state index in [-0.39, 0.29) is 6.61 Å². The lowest BCUT2D eigenvalue weighted by Gasteiger charge is -2.05. The normalized spacial score (nSPS) is 11.2. The van der Waals surface area contributed by atoms with Gasteiger partial charge in [0, 0.05) is 5.56 Å². The summed E-state index contributed by atoms with van der Waals surface area (Å²) in [6.45, 7) is 3.21. The Kier molecular flexibility index (Phi) is 6.03. The van der Waals surface area contributed by atoms with Crippen LogP contribution in [0.4, 0.5) is 8.78 Å². The van der Waals surface area contributed by atoms with Crippen molar-refractivity contribution in [1.29, 1.82) is 0 Å². The lowest BCUT2D eigenvalue weighted by atomic mass is 10.2. The van der Waals surface area contributed by atoms with E-state index >= 15 is 0 Å². The predicted molar refractivity (Wildman–Crippen MR) is 56.4 cm³/mol. The van der Waals surface area contributed by atoms with Gasteiger partial charge in [-0.2, -0.15) is 0 Å². The topological polar surface area (TPSA) is 34.4 Å². The van der Waals surface area contributed by atoms with Gasteiger partial charge in [-0.15, -0.1) is 0 Å². The van der Waals surface area contributed by atoms with Gasteiger partial charge in [0.25, 0.3) is 6.43 Å². The van der Waals surface area contributed by atoms with Crippen molar-refractivity contribution >= 4 is 0 Å². The van der Waals surface area contributed by atoms with Crippen molar-refractivity contribution in [3.8, 4) is 0 Å². The Labute approximate surface area is 93.8 Å². The summed E-state index contributed by atoms with van der Waals surface area (Å²) < 4.78 is 33.8. The maximum absolute atomic E-state index is 11.9. The zero-order valence-corrected chi connectivity index (χ0v) is 9.34. The van der Waals surface area contributed by atoms with Crippen molar-refractivity contribution in [2.45, 2.75) is 32.9 Å². The van der Waals surface area contributed by atoms with Crippen LogP contribution in [0.2, 0.25) is 0 Å². The number of hydrogen-bond acceptors (Lipinski definition) is 3. The summed E-state index contributed by atoms with van der Waals surface area (Å²) in [5.74, 6) is 0.753. The maximum Gasteiger partial charge on any atom is 0.261 e. The molecule has 16 heavy (non-hydrogen) atoms. The van der Waals surface area contributed by atoms with E-state index in [2.05, 4.69) is 12.2 Å². The van der Waals surface area contributed by atoms with Crippen LogP contribution in [0.15, 0.2) is 16.7 Å². The molecule has 5 heteroatoms. The Morgan fingerprint density at radius 3 is 3.00 bits per heavy atom. The van der Waals surface area contributed by atoms with Gasteiger partial charge in [-0.1, -0.05) is 6.92 Å². The Morgan fingerprint density at radius 2 is 2.31 bits per heavy atom. The first-order valence-corrected chi connectivity index (χ1v) is 5.36. The average Bonchev–Trinajstić information content (AvgIpc) is 2.66. The van der Waals surface area contributed by atoms with E-state index in [9.17, 15) is 8.78 Å². The summed E-state index contributed by atoms with van der Waals surface area (Å²) in [6, 6.07) is 1.74. The van der Waals surface area contributed by atoms with Gasteiger partial charge in [0.05, 0.1) is 19.4 Å². The molecule has 1 aromatic rings. The third-order valence-electron chi connectivity index (χ3n) is 2.05. The van der Waals surface area contributed by atoms with Crippen LogP contribution in [0.1, 0.15) is 24.7 Å². The minimum Gasteiger partial charge on any atom is -0.468 e. The number of alkyl halides is 2. The predicted octanol–water partition coefficient (Wildman–Crippen LogP) is 2.56. The van der Waals surface area contributed by atoms with Crippen LogP contribution in [-0.2, 0) is 17.9 Å². The molecule has 1 N–H and O–H groups in total. The zero-order valence-electron chi connectivity index (χ0n) is 9.34. The third kappa shape index (κ3) is 4.72. The molecule has 0 spiro atoms. The first-order chi connectivity index (χ1) is 7.74. The van der Waals surface area contributed by atoms with Gasteiger partial charge in [-0.25, -0.2) is 8.78 Å². The third-order valence-corrected chi connectivity index (χ3v) is 2.05. The lowest BCUT2D eigenvalue weighted by molar-refractivity contribution is 0.00942. The molecule has 0 aliphatic heterocycles. The van der Waals surface area contributed by atoms with Gasteiger partial charge in [0.2, 0.25) is 0 Å². The molecule has 1 aromatic heterocycles. The summed E-state index contributed by atoms with van der Waals surface area (Å²) in [4.78, 5) is 0. The number of halogens is 2. The Balaban J connectivity index is 2.32. The fourth-order valence-electron chi connectivity index (χ4n) is 1.29. The largest absolute Gasteiger partial charge is 0.468 e. The molecule has 0 aliphatic carbocycles. The van der Waals surface area contributed by atoms with Gasteiger partial charge >= 0.3 is 0 Å². The molecule has 0 saturated carbocycles. The summed E-state index contributed by atoms with van der Waals surface area (Å²) in [5, 5.41) is 3.18. The van der Waals surface area contributed by atoms with Gasteiger partial charge in [0.15, 0.2) is 0 Å². The summed E-state index contributed by atoms with van der Waals surface area (Å²) in [6.07, 6.45) is 0.163. The first kappa shape index (κ1) is 13.1. The van der Waals surface area contributed by atoms with Crippen LogP contribution >= 0.6 is 0 Å². The van der Waals surface area contributed by atoms with Crippen molar-refractivity contribution in [3.63, 3.8) is 0 Å². The van der Waals surface area contributed by atoms with Crippen LogP contribution in [0.3, 0.4) is 0 Å². The van der Waals surface area contributed by atoms with Crippen LogP contribution in [-0.4, -0.2) is 19.6 Å². The van der Waals surface area contributed by atoms with Gasteiger partial charge in [0.1, 0.15) is 12.4 Å². The van der Waals surface area contributed by atoms with Crippen LogP contribution in [0.5, 0.6) is 0 Å². The van der Waals surface area contributed by atoms with E-state index in [0.717, 1.165) is 24.3 Å². The van der Waals surface area contributed by atoms with E-state index in [0.29, 0.717) is 6.54 Å². The summed E-state index contributed by atoms with van der Waals surface area (Å²) in [7, 11) is 0. The SMILES string of the molecule is CCCNCc1occc1COCC(F)F. The lowest BCUT2D eigenvalue weighted by Crippen LogP contribution is -2.14. The Morgan fingerprint density at radius 1 is 1.50 bits per heavy atom. The van der Waals surface area contributed by atoms with Crippen LogP contribution in [0.25, 0.3) is 0 Å². The van der Waals surface area contributed by atoms with Gasteiger partial charge < -0.3 is 14.5 Å². The second-order valence-electron chi connectivity index (χ2n) is 3.45. The highest BCUT2D eigenvalue weighted by Crippen LogP contribution is 2.12. The van der Waals surface area contributed by atoms with E-state index in [1.165, 1.54) is 0 Å². The molecule has 92 valence electrons. The maximum atomic E-state index is 11.9. The van der Waals surface area contributed by atoms with Crippen molar-refractivity contribution in [2.75, 3.05) is 13.2 Å². The summed E-state index contributed by atoms with van der Waals surface area (Å²) in [5.41, 5.74) is 0.823. The molecule has 1 heterocycles. The van der Waals surface area contributed by atoms with Gasteiger partial charge in [-0.05, 0) is 19.0 Å². The monoisotopic (exact) mass is 233 g/mol. The smallest absolute Gasteiger partial charge is 0.261 e. The standard InChI is InChI=1S/C11H17F2NO2/c1-2-4-14-6-10-9(3-5-16-10)7-15-8-11(12)13/h3,5,11,14H,2,4,6-8H2,1H3. The molecule has 0 bridgehead atoms. The Bertz CT molecular complexity index is 289. The molecule has 0 aromatic carbocycles. The van der Waals surface area contributed by atoms with E-state index in [1.54, 1.807) is 12.3 Å². The molecular formula is C11H17F2NO2. The van der Waals surface area contributed by atoms with E-state index in [1.807, 2.05) is 0 Å². The molecule has 0 unspecified atom stereocenters. The molecule has 0 saturated heterocycles. The number of ether oxygens (including phenoxy) is 1. The fourth-order valence-corrected chi connectivity index (χ4v) is 1.29. The number of rotatable bonds is 8. The highest BCUT2D eigenvalue weighted by atomic mass is 19.3. The number of hydrogen-bond donors (Lipinski definition) is 1. The molecule has 0 amide bonds. The number of nitrogens with one attached hydrogen (secondary N) is 1. The van der Waals surface area contributed by atoms with E-state index < -0.39 is 13.0 Å². The van der Waals surface area contributed by atoms with Crippen molar-refractivity contribution in [2.24, 2.45) is 0 Å². The zero-order chi connectivity index (χ0) is 11.8. The molecular weight excluding hydrogens is 216 g/mol. The quantitative estimate of drug-likeness (QED) is 0.701. The molecule has 1 rings (SSSR count). The van der Waals surface area contributed by atoms with Crippen LogP contribution in [0, 0.1) is 0 Å². The van der Waals surface area contributed by atoms with Crippen molar-refractivity contribution in [3.05, 3.63) is 23.7 Å². The second kappa shape index (κ2) is 7.35. The first-order valence-electron chi connectivity index (χ1n) is 5.36. The Hall–Kier alpha value is -0.940. The van der Waals surface area contributed by atoms with E-state index in [4.69, 9.17) is 9.15 Å². The average molecular weight is 233 g/mol. The van der Waals surface area contributed by atoms with Gasteiger partial charge in [-0.3, -0.25) is 0 Å².